The first-order chi connectivity index (χ1) is 26.2. The van der Waals surface area contributed by atoms with Gasteiger partial charge in [0.05, 0.1) is 11.1 Å². The zero-order valence-corrected chi connectivity index (χ0v) is 29.1. The molecule has 53 heavy (non-hydrogen) atoms. The smallest absolute Gasteiger partial charge is 0.136 e. The number of fused-ring (bicyclic) bond motifs is 13. The lowest BCUT2D eigenvalue weighted by molar-refractivity contribution is 0.603. The van der Waals surface area contributed by atoms with Crippen molar-refractivity contribution >= 4 is 44.7 Å². The molecule has 1 unspecified atom stereocenters. The van der Waals surface area contributed by atoms with Crippen molar-refractivity contribution < 1.29 is 4.42 Å². The second-order valence-corrected chi connectivity index (χ2v) is 14.0. The highest BCUT2D eigenvalue weighted by molar-refractivity contribution is 6.21. The molecule has 248 valence electrons. The minimum absolute atomic E-state index is 0.574. The van der Waals surface area contributed by atoms with E-state index in [0.29, 0.717) is 0 Å². The van der Waals surface area contributed by atoms with Gasteiger partial charge < -0.3 is 4.42 Å². The lowest BCUT2D eigenvalue weighted by Gasteiger charge is -2.30. The minimum Gasteiger partial charge on any atom is -0.456 e. The second-order valence-electron chi connectivity index (χ2n) is 14.0. The van der Waals surface area contributed by atoms with E-state index in [9.17, 15) is 0 Å². The number of pyridine rings is 2. The molecule has 3 aromatic heterocycles. The van der Waals surface area contributed by atoms with Gasteiger partial charge in [0.2, 0.25) is 0 Å². The molecule has 0 radical (unpaired) electrons. The second kappa shape index (κ2) is 11.1. The van der Waals surface area contributed by atoms with Crippen LogP contribution in [0.1, 0.15) is 40.5 Å². The van der Waals surface area contributed by atoms with E-state index >= 15 is 0 Å². The van der Waals surface area contributed by atoms with E-state index in [1.807, 2.05) is 37.7 Å². The summed E-state index contributed by atoms with van der Waals surface area (Å²) in [6.45, 7) is 6.13. The average molecular weight is 677 g/mol. The van der Waals surface area contributed by atoms with Gasteiger partial charge in [-0.1, -0.05) is 116 Å². The van der Waals surface area contributed by atoms with Crippen molar-refractivity contribution in [2.24, 2.45) is 0 Å². The summed E-state index contributed by atoms with van der Waals surface area (Å²) in [6.07, 6.45) is 11.8. The number of aromatic nitrogens is 2. The van der Waals surface area contributed by atoms with Crippen LogP contribution >= 0.6 is 0 Å². The van der Waals surface area contributed by atoms with Crippen LogP contribution in [0.2, 0.25) is 0 Å². The summed E-state index contributed by atoms with van der Waals surface area (Å²) in [5.74, 6) is 0.786. The molecule has 0 N–H and O–H groups in total. The van der Waals surface area contributed by atoms with Crippen LogP contribution in [-0.4, -0.2) is 9.97 Å². The minimum atomic E-state index is -0.574. The van der Waals surface area contributed by atoms with Gasteiger partial charge in [-0.25, -0.2) is 0 Å². The van der Waals surface area contributed by atoms with Crippen LogP contribution in [0.25, 0.3) is 89.3 Å². The molecule has 2 aliphatic rings. The Morgan fingerprint density at radius 2 is 1.26 bits per heavy atom. The lowest BCUT2D eigenvalue weighted by atomic mass is 9.70. The summed E-state index contributed by atoms with van der Waals surface area (Å²) >= 11 is 0. The standard InChI is InChI=1S/C50H32N2O/c1-3-13-33-40-27-44-39(28-46(40)53-45(33)4-2)32-15-9-10-20-41(32)50(44)42-21-12-25-52-49(42)38-23-22-30(26-43(38)50)47-34-16-5-7-18-36(34)48(31-14-11-24-51-29-31)37-19-8-6-17-35(37)47/h3-29H,2H2,1H3/b13-3-. The summed E-state index contributed by atoms with van der Waals surface area (Å²) in [7, 11) is 0. The highest BCUT2D eigenvalue weighted by Gasteiger charge is 2.52. The molecule has 0 aliphatic heterocycles. The Labute approximate surface area is 307 Å². The fraction of sp³-hybridized carbons (Fsp3) is 0.0400. The third kappa shape index (κ3) is 3.88. The van der Waals surface area contributed by atoms with Crippen molar-refractivity contribution in [1.82, 2.24) is 9.97 Å². The molecule has 11 rings (SSSR count). The number of rotatable bonds is 4. The van der Waals surface area contributed by atoms with Crippen molar-refractivity contribution in [2.75, 3.05) is 0 Å². The molecule has 2 aliphatic carbocycles. The summed E-state index contributed by atoms with van der Waals surface area (Å²) in [4.78, 5) is 9.60. The number of allylic oxidation sites excluding steroid dienone is 1. The Morgan fingerprint density at radius 3 is 1.98 bits per heavy atom. The van der Waals surface area contributed by atoms with E-state index in [2.05, 4.69) is 145 Å². The molecule has 3 nitrogen and oxygen atoms in total. The SMILES string of the molecule is C=Cc1oc2cc3c(cc2c1/C=C\C)C1(c2ccccc2-3)c2cc(-c3c4ccccc4c(-c4cccnc4)c4ccccc34)ccc2-c2ncccc21. The van der Waals surface area contributed by atoms with Crippen LogP contribution in [-0.2, 0) is 5.41 Å². The molecule has 0 saturated carbocycles. The van der Waals surface area contributed by atoms with Crippen LogP contribution in [0.5, 0.6) is 0 Å². The van der Waals surface area contributed by atoms with E-state index < -0.39 is 5.41 Å². The first-order valence-electron chi connectivity index (χ1n) is 18.1. The fourth-order valence-electron chi connectivity index (χ4n) is 9.52. The maximum Gasteiger partial charge on any atom is 0.136 e. The monoisotopic (exact) mass is 676 g/mol. The summed E-state index contributed by atoms with van der Waals surface area (Å²) in [5, 5.41) is 5.94. The van der Waals surface area contributed by atoms with Gasteiger partial charge in [0.15, 0.2) is 0 Å². The lowest BCUT2D eigenvalue weighted by Crippen LogP contribution is -2.26. The molecular formula is C50H32N2O. The number of nitrogens with zero attached hydrogens (tertiary/aromatic N) is 2. The van der Waals surface area contributed by atoms with E-state index in [0.717, 1.165) is 33.6 Å². The molecule has 6 aromatic carbocycles. The van der Waals surface area contributed by atoms with Crippen molar-refractivity contribution in [2.45, 2.75) is 12.3 Å². The Bertz CT molecular complexity index is 2980. The van der Waals surface area contributed by atoms with Crippen molar-refractivity contribution in [3.8, 4) is 44.6 Å². The molecule has 0 bridgehead atoms. The van der Waals surface area contributed by atoms with Gasteiger partial charge in [0.25, 0.3) is 0 Å². The largest absolute Gasteiger partial charge is 0.456 e. The number of furan rings is 1. The van der Waals surface area contributed by atoms with Crippen LogP contribution in [0.4, 0.5) is 0 Å². The van der Waals surface area contributed by atoms with Gasteiger partial charge in [0, 0.05) is 40.7 Å². The summed E-state index contributed by atoms with van der Waals surface area (Å²) in [5.41, 5.74) is 15.7. The van der Waals surface area contributed by atoms with Gasteiger partial charge in [-0.15, -0.1) is 0 Å². The van der Waals surface area contributed by atoms with Crippen LogP contribution < -0.4 is 0 Å². The van der Waals surface area contributed by atoms with Crippen molar-refractivity contribution in [3.05, 3.63) is 192 Å². The first-order valence-corrected chi connectivity index (χ1v) is 18.1. The highest BCUT2D eigenvalue weighted by Crippen LogP contribution is 2.63. The highest BCUT2D eigenvalue weighted by atomic mass is 16.3. The molecular weight excluding hydrogens is 645 g/mol. The number of benzene rings is 6. The molecule has 0 amide bonds. The predicted molar refractivity (Wildman–Crippen MR) is 219 cm³/mol. The van der Waals surface area contributed by atoms with Gasteiger partial charge in [-0.05, 0) is 115 Å². The topological polar surface area (TPSA) is 38.9 Å². The molecule has 1 spiro atoms. The third-order valence-electron chi connectivity index (χ3n) is 11.5. The Hall–Kier alpha value is -6.84. The summed E-state index contributed by atoms with van der Waals surface area (Å²) < 4.78 is 6.45. The zero-order chi connectivity index (χ0) is 35.3. The first kappa shape index (κ1) is 29.8. The van der Waals surface area contributed by atoms with Gasteiger partial charge in [0.1, 0.15) is 11.3 Å². The Balaban J connectivity index is 1.26. The summed E-state index contributed by atoms with van der Waals surface area (Å²) in [6, 6.07) is 46.8. The third-order valence-corrected chi connectivity index (χ3v) is 11.5. The van der Waals surface area contributed by atoms with Crippen molar-refractivity contribution in [1.29, 1.82) is 0 Å². The normalized spacial score (nSPS) is 15.3. The van der Waals surface area contributed by atoms with E-state index in [-0.39, 0.29) is 0 Å². The Kier molecular flexibility index (Phi) is 6.24. The van der Waals surface area contributed by atoms with Crippen LogP contribution in [0.3, 0.4) is 0 Å². The maximum absolute atomic E-state index is 6.45. The van der Waals surface area contributed by atoms with Gasteiger partial charge >= 0.3 is 0 Å². The molecule has 0 fully saturated rings. The maximum atomic E-state index is 6.45. The fourth-order valence-corrected chi connectivity index (χ4v) is 9.52. The predicted octanol–water partition coefficient (Wildman–Crippen LogP) is 12.9. The van der Waals surface area contributed by atoms with E-state index in [4.69, 9.17) is 9.40 Å². The van der Waals surface area contributed by atoms with E-state index in [1.54, 1.807) is 0 Å². The molecule has 3 heteroatoms. The van der Waals surface area contributed by atoms with Gasteiger partial charge in [-0.3, -0.25) is 9.97 Å². The number of hydrogen-bond donors (Lipinski definition) is 0. The van der Waals surface area contributed by atoms with Crippen molar-refractivity contribution in [3.63, 3.8) is 0 Å². The number of hydrogen-bond acceptors (Lipinski definition) is 3. The van der Waals surface area contributed by atoms with Gasteiger partial charge in [-0.2, -0.15) is 0 Å². The molecule has 3 heterocycles. The van der Waals surface area contributed by atoms with Crippen LogP contribution in [0.15, 0.2) is 163 Å². The average Bonchev–Trinajstić information content (AvgIpc) is 3.82. The van der Waals surface area contributed by atoms with Crippen LogP contribution in [0, 0.1) is 0 Å². The zero-order valence-electron chi connectivity index (χ0n) is 29.1. The molecule has 1 atom stereocenters. The molecule has 0 saturated heterocycles. The quantitative estimate of drug-likeness (QED) is 0.174. The Morgan fingerprint density at radius 1 is 0.585 bits per heavy atom. The van der Waals surface area contributed by atoms with E-state index in [1.165, 1.54) is 77.2 Å². The molecule has 9 aromatic rings.